The van der Waals surface area contributed by atoms with E-state index in [-0.39, 0.29) is 20.1 Å². The number of hydrogen-bond donors (Lipinski definition) is 1. The first-order valence-corrected chi connectivity index (χ1v) is 4.89. The van der Waals surface area contributed by atoms with E-state index in [2.05, 4.69) is 4.98 Å². The van der Waals surface area contributed by atoms with E-state index in [1.165, 1.54) is 6.92 Å². The molecule has 0 radical (unpaired) electrons. The molecule has 0 aliphatic heterocycles. The Bertz CT molecular complexity index is 378. The van der Waals surface area contributed by atoms with Crippen LogP contribution in [0.4, 0.5) is 19.0 Å². The van der Waals surface area contributed by atoms with Gasteiger partial charge in [-0.1, -0.05) is 11.6 Å². The van der Waals surface area contributed by atoms with E-state index in [9.17, 15) is 13.2 Å². The van der Waals surface area contributed by atoms with Crippen LogP contribution in [0.2, 0.25) is 5.02 Å². The summed E-state index contributed by atoms with van der Waals surface area (Å²) < 4.78 is 37.5. The molecule has 2 N–H and O–H groups in total. The monoisotopic (exact) mass is 336 g/mol. The molecule has 0 aliphatic carbocycles. The number of anilines is 1. The highest BCUT2D eigenvalue weighted by atomic mass is 127. The van der Waals surface area contributed by atoms with Crippen molar-refractivity contribution in [2.24, 2.45) is 0 Å². The molecule has 0 bridgehead atoms. The average molecular weight is 336 g/mol. The van der Waals surface area contributed by atoms with Crippen LogP contribution in [0.1, 0.15) is 11.3 Å². The number of nitrogens with zero attached hydrogens (tertiary/aromatic N) is 1. The van der Waals surface area contributed by atoms with Gasteiger partial charge in [0, 0.05) is 0 Å². The third kappa shape index (κ3) is 2.05. The van der Waals surface area contributed by atoms with Gasteiger partial charge in [-0.05, 0) is 29.5 Å². The van der Waals surface area contributed by atoms with Crippen LogP contribution >= 0.6 is 34.2 Å². The molecule has 0 spiro atoms. The Morgan fingerprint density at radius 3 is 2.36 bits per heavy atom. The molecule has 78 valence electrons. The molecule has 1 aromatic rings. The number of aromatic nitrogens is 1. The van der Waals surface area contributed by atoms with Gasteiger partial charge in [-0.2, -0.15) is 13.2 Å². The number of nitrogens with two attached hydrogens (primary N) is 1. The topological polar surface area (TPSA) is 38.9 Å². The molecule has 1 aromatic heterocycles. The Labute approximate surface area is 96.8 Å². The fraction of sp³-hybridized carbons (Fsp3) is 0.286. The lowest BCUT2D eigenvalue weighted by atomic mass is 10.2. The molecule has 14 heavy (non-hydrogen) atoms. The molecule has 1 rings (SSSR count). The number of aryl methyl sites for hydroxylation is 1. The molecule has 0 unspecified atom stereocenters. The summed E-state index contributed by atoms with van der Waals surface area (Å²) in [7, 11) is 0. The number of rotatable bonds is 0. The number of pyridine rings is 1. The quantitative estimate of drug-likeness (QED) is 0.739. The van der Waals surface area contributed by atoms with E-state index >= 15 is 0 Å². The number of halogens is 5. The zero-order chi connectivity index (χ0) is 11.1. The van der Waals surface area contributed by atoms with E-state index < -0.39 is 11.7 Å². The molecule has 0 atom stereocenters. The highest BCUT2D eigenvalue weighted by Gasteiger charge is 2.37. The fourth-order valence-electron chi connectivity index (χ4n) is 0.996. The molecule has 0 fully saturated rings. The summed E-state index contributed by atoms with van der Waals surface area (Å²) in [6, 6.07) is 0. The molecule has 0 amide bonds. The summed E-state index contributed by atoms with van der Waals surface area (Å²) in [5.41, 5.74) is 4.24. The van der Waals surface area contributed by atoms with Gasteiger partial charge in [-0.3, -0.25) is 0 Å². The molecule has 0 aromatic carbocycles. The molecule has 7 heteroatoms. The van der Waals surface area contributed by atoms with Crippen molar-refractivity contribution in [2.45, 2.75) is 13.1 Å². The van der Waals surface area contributed by atoms with Crippen LogP contribution in [0, 0.1) is 10.5 Å². The zero-order valence-corrected chi connectivity index (χ0v) is 9.83. The summed E-state index contributed by atoms with van der Waals surface area (Å²) in [5.74, 6) is 0.0149. The smallest absolute Gasteiger partial charge is 0.383 e. The fourth-order valence-corrected chi connectivity index (χ4v) is 1.73. The van der Waals surface area contributed by atoms with E-state index in [0.717, 1.165) is 0 Å². The van der Waals surface area contributed by atoms with E-state index in [1.807, 2.05) is 0 Å². The van der Waals surface area contributed by atoms with Crippen LogP contribution < -0.4 is 5.73 Å². The van der Waals surface area contributed by atoms with Crippen LogP contribution in [-0.4, -0.2) is 4.98 Å². The van der Waals surface area contributed by atoms with Crippen molar-refractivity contribution in [2.75, 3.05) is 5.73 Å². The second-order valence-corrected chi connectivity index (χ2v) is 4.04. The second kappa shape index (κ2) is 3.73. The SMILES string of the molecule is Cc1nc(N)c(I)c(Cl)c1C(F)(F)F. The van der Waals surface area contributed by atoms with Gasteiger partial charge in [-0.25, -0.2) is 4.98 Å². The Morgan fingerprint density at radius 2 is 1.93 bits per heavy atom. The van der Waals surface area contributed by atoms with Crippen LogP contribution in [-0.2, 0) is 6.18 Å². The van der Waals surface area contributed by atoms with Crippen molar-refractivity contribution in [1.29, 1.82) is 0 Å². The first-order valence-electron chi connectivity index (χ1n) is 3.43. The molecular weight excluding hydrogens is 331 g/mol. The summed E-state index contributed by atoms with van der Waals surface area (Å²) >= 11 is 7.17. The van der Waals surface area contributed by atoms with Crippen LogP contribution in [0.25, 0.3) is 0 Å². The lowest BCUT2D eigenvalue weighted by Gasteiger charge is -2.13. The van der Waals surface area contributed by atoms with E-state index in [0.29, 0.717) is 0 Å². The largest absolute Gasteiger partial charge is 0.419 e. The van der Waals surface area contributed by atoms with E-state index in [4.69, 9.17) is 17.3 Å². The van der Waals surface area contributed by atoms with Crippen molar-refractivity contribution in [3.8, 4) is 0 Å². The third-order valence-corrected chi connectivity index (χ3v) is 3.36. The van der Waals surface area contributed by atoms with Gasteiger partial charge in [0.1, 0.15) is 5.82 Å². The van der Waals surface area contributed by atoms with Crippen molar-refractivity contribution >= 4 is 40.0 Å². The lowest BCUT2D eigenvalue weighted by Crippen LogP contribution is -2.12. The minimum Gasteiger partial charge on any atom is -0.383 e. The minimum atomic E-state index is -4.50. The number of alkyl halides is 3. The van der Waals surface area contributed by atoms with Gasteiger partial charge >= 0.3 is 6.18 Å². The highest BCUT2D eigenvalue weighted by molar-refractivity contribution is 14.1. The predicted molar refractivity (Wildman–Crippen MR) is 56.1 cm³/mol. The lowest BCUT2D eigenvalue weighted by molar-refractivity contribution is -0.138. The zero-order valence-electron chi connectivity index (χ0n) is 6.91. The molecule has 0 saturated heterocycles. The van der Waals surface area contributed by atoms with Gasteiger partial charge < -0.3 is 5.73 Å². The Morgan fingerprint density at radius 1 is 1.43 bits per heavy atom. The molecule has 0 saturated carbocycles. The van der Waals surface area contributed by atoms with Crippen molar-refractivity contribution in [1.82, 2.24) is 4.98 Å². The first-order chi connectivity index (χ1) is 6.25. The Hall–Kier alpha value is -0.240. The van der Waals surface area contributed by atoms with Gasteiger partial charge in [0.25, 0.3) is 0 Å². The summed E-state index contributed by atoms with van der Waals surface area (Å²) in [4.78, 5) is 3.57. The second-order valence-electron chi connectivity index (χ2n) is 2.58. The highest BCUT2D eigenvalue weighted by Crippen LogP contribution is 2.39. The molecular formula is C7H5ClF3IN2. The van der Waals surface area contributed by atoms with E-state index in [1.54, 1.807) is 22.6 Å². The van der Waals surface area contributed by atoms with Crippen LogP contribution in [0.15, 0.2) is 0 Å². The summed E-state index contributed by atoms with van der Waals surface area (Å²) in [6.45, 7) is 1.22. The van der Waals surface area contributed by atoms with Crippen LogP contribution in [0.5, 0.6) is 0 Å². The Kier molecular flexibility index (Phi) is 3.15. The van der Waals surface area contributed by atoms with Crippen molar-refractivity contribution in [3.63, 3.8) is 0 Å². The molecule has 2 nitrogen and oxygen atoms in total. The predicted octanol–water partition coefficient (Wildman–Crippen LogP) is 3.25. The van der Waals surface area contributed by atoms with Crippen molar-refractivity contribution < 1.29 is 13.2 Å². The maximum atomic E-state index is 12.5. The van der Waals surface area contributed by atoms with Crippen LogP contribution in [0.3, 0.4) is 0 Å². The minimum absolute atomic E-state index is 0.0149. The van der Waals surface area contributed by atoms with Gasteiger partial charge in [0.05, 0.1) is 19.9 Å². The number of nitrogen functional groups attached to an aromatic ring is 1. The average Bonchev–Trinajstić information content (AvgIpc) is 1.97. The molecule has 1 heterocycles. The van der Waals surface area contributed by atoms with Gasteiger partial charge in [-0.15, -0.1) is 0 Å². The summed E-state index contributed by atoms with van der Waals surface area (Å²) in [5, 5.41) is -0.386. The Balaban J connectivity index is 3.53. The maximum absolute atomic E-state index is 12.5. The van der Waals surface area contributed by atoms with Gasteiger partial charge in [0.15, 0.2) is 0 Å². The standard InChI is InChI=1S/C7H5ClF3IN2/c1-2-3(7(9,10)11)4(8)5(12)6(13)14-2/h1H3,(H2,13,14). The maximum Gasteiger partial charge on any atom is 0.419 e. The normalized spacial score (nSPS) is 11.9. The first kappa shape index (κ1) is 11.8. The van der Waals surface area contributed by atoms with Gasteiger partial charge in [0.2, 0.25) is 0 Å². The summed E-state index contributed by atoms with van der Waals surface area (Å²) in [6.07, 6.45) is -4.50. The molecule has 0 aliphatic rings. The third-order valence-electron chi connectivity index (χ3n) is 1.57. The number of hydrogen-bond acceptors (Lipinski definition) is 2. The van der Waals surface area contributed by atoms with Crippen molar-refractivity contribution in [3.05, 3.63) is 19.9 Å².